The van der Waals surface area contributed by atoms with Crippen LogP contribution in [0.3, 0.4) is 0 Å². The summed E-state index contributed by atoms with van der Waals surface area (Å²) in [6.45, 7) is 0.926. The zero-order valence-electron chi connectivity index (χ0n) is 10.3. The van der Waals surface area contributed by atoms with Crippen LogP contribution < -0.4 is 11.1 Å². The summed E-state index contributed by atoms with van der Waals surface area (Å²) in [6, 6.07) is -1.02. The first-order chi connectivity index (χ1) is 8.66. The minimum atomic E-state index is -1.04. The van der Waals surface area contributed by atoms with E-state index in [1.54, 1.807) is 5.38 Å². The van der Waals surface area contributed by atoms with Crippen molar-refractivity contribution in [1.29, 1.82) is 0 Å². The molecule has 18 heavy (non-hydrogen) atoms. The second kappa shape index (κ2) is 6.15. The van der Waals surface area contributed by atoms with Crippen molar-refractivity contribution in [1.82, 2.24) is 4.98 Å². The molecule has 1 fully saturated rings. The van der Waals surface area contributed by atoms with Gasteiger partial charge in [-0.25, -0.2) is 4.98 Å². The summed E-state index contributed by atoms with van der Waals surface area (Å²) < 4.78 is 0. The van der Waals surface area contributed by atoms with E-state index < -0.39 is 12.0 Å². The molecule has 100 valence electrons. The van der Waals surface area contributed by atoms with Gasteiger partial charge in [0.25, 0.3) is 0 Å². The van der Waals surface area contributed by atoms with E-state index in [2.05, 4.69) is 10.3 Å². The van der Waals surface area contributed by atoms with Crippen molar-refractivity contribution in [3.63, 3.8) is 0 Å². The first-order valence-corrected chi connectivity index (χ1v) is 7.22. The third kappa shape index (κ3) is 3.43. The minimum absolute atomic E-state index is 0.429. The molecule has 2 rings (SSSR count). The highest BCUT2D eigenvalue weighted by Crippen LogP contribution is 2.25. The Hall–Kier alpha value is -1.14. The van der Waals surface area contributed by atoms with Crippen LogP contribution in [0.25, 0.3) is 0 Å². The van der Waals surface area contributed by atoms with E-state index in [1.807, 2.05) is 0 Å². The number of carboxylic acids is 1. The highest BCUT2D eigenvalue weighted by molar-refractivity contribution is 7.13. The van der Waals surface area contributed by atoms with E-state index in [9.17, 15) is 4.79 Å². The second-order valence-corrected chi connectivity index (χ2v) is 5.64. The van der Waals surface area contributed by atoms with E-state index >= 15 is 0 Å². The fraction of sp³-hybridized carbons (Fsp3) is 0.667. The fourth-order valence-electron chi connectivity index (χ4n) is 2.26. The second-order valence-electron chi connectivity index (χ2n) is 4.78. The Morgan fingerprint density at radius 2 is 2.28 bits per heavy atom. The molecule has 1 unspecified atom stereocenters. The van der Waals surface area contributed by atoms with Crippen LogP contribution in [0, 0.1) is 5.92 Å². The van der Waals surface area contributed by atoms with Gasteiger partial charge < -0.3 is 16.2 Å². The number of aliphatic carboxylic acids is 1. The van der Waals surface area contributed by atoms with Crippen molar-refractivity contribution >= 4 is 22.4 Å². The number of hydrogen-bond acceptors (Lipinski definition) is 5. The Bertz CT molecular complexity index is 402. The number of nitrogens with one attached hydrogen (secondary N) is 1. The molecule has 6 heteroatoms. The van der Waals surface area contributed by atoms with Crippen molar-refractivity contribution in [3.8, 4) is 0 Å². The van der Waals surface area contributed by atoms with Crippen LogP contribution in [0.4, 0.5) is 5.13 Å². The predicted molar refractivity (Wildman–Crippen MR) is 71.7 cm³/mol. The zero-order chi connectivity index (χ0) is 13.0. The molecule has 1 saturated carbocycles. The number of nitrogens with zero attached hydrogens (tertiary/aromatic N) is 1. The molecule has 1 atom stereocenters. The van der Waals surface area contributed by atoms with Crippen molar-refractivity contribution < 1.29 is 9.90 Å². The summed E-state index contributed by atoms with van der Waals surface area (Å²) in [5.41, 5.74) is 5.94. The molecule has 0 aromatic carbocycles. The van der Waals surface area contributed by atoms with Crippen molar-refractivity contribution in [2.45, 2.75) is 38.1 Å². The first kappa shape index (κ1) is 13.3. The van der Waals surface area contributed by atoms with Crippen LogP contribution in [0.2, 0.25) is 0 Å². The van der Waals surface area contributed by atoms with Crippen molar-refractivity contribution in [2.24, 2.45) is 11.7 Å². The lowest BCUT2D eigenvalue weighted by Crippen LogP contribution is -2.21. The lowest BCUT2D eigenvalue weighted by atomic mass is 9.89. The summed E-state index contributed by atoms with van der Waals surface area (Å²) >= 11 is 1.42. The third-order valence-corrected chi connectivity index (χ3v) is 4.19. The van der Waals surface area contributed by atoms with Gasteiger partial charge in [-0.15, -0.1) is 11.3 Å². The number of carboxylic acid groups (broad SMARTS) is 1. The molecule has 1 aliphatic rings. The summed E-state index contributed by atoms with van der Waals surface area (Å²) in [6.07, 6.45) is 6.55. The van der Waals surface area contributed by atoms with Crippen LogP contribution >= 0.6 is 11.3 Å². The molecule has 4 N–H and O–H groups in total. The molecular weight excluding hydrogens is 250 g/mol. The highest BCUT2D eigenvalue weighted by atomic mass is 32.1. The van der Waals surface area contributed by atoms with Crippen LogP contribution in [0.15, 0.2) is 5.38 Å². The lowest BCUT2D eigenvalue weighted by molar-refractivity contribution is -0.138. The Labute approximate surface area is 110 Å². The summed E-state index contributed by atoms with van der Waals surface area (Å²) in [5, 5.41) is 14.6. The van der Waals surface area contributed by atoms with Gasteiger partial charge in [0.1, 0.15) is 6.04 Å². The monoisotopic (exact) mass is 269 g/mol. The van der Waals surface area contributed by atoms with Crippen LogP contribution in [0.5, 0.6) is 0 Å². The standard InChI is InChI=1S/C12H19N3O2S/c13-10(11(16)17)9-7-18-12(15-9)14-6-8-4-2-1-3-5-8/h7-8,10H,1-6,13H2,(H,14,15)(H,16,17). The minimum Gasteiger partial charge on any atom is -0.480 e. The highest BCUT2D eigenvalue weighted by Gasteiger charge is 2.18. The van der Waals surface area contributed by atoms with Gasteiger partial charge in [0, 0.05) is 11.9 Å². The molecule has 0 radical (unpaired) electrons. The topological polar surface area (TPSA) is 88.2 Å². The Kier molecular flexibility index (Phi) is 4.54. The largest absolute Gasteiger partial charge is 0.480 e. The normalized spacial score (nSPS) is 18.5. The van der Waals surface area contributed by atoms with Crippen LogP contribution in [-0.4, -0.2) is 22.6 Å². The molecule has 5 nitrogen and oxygen atoms in total. The first-order valence-electron chi connectivity index (χ1n) is 6.34. The average molecular weight is 269 g/mol. The molecule has 1 aromatic rings. The quantitative estimate of drug-likeness (QED) is 0.762. The maximum atomic E-state index is 10.7. The number of rotatable bonds is 5. The van der Waals surface area contributed by atoms with E-state index in [4.69, 9.17) is 10.8 Å². The van der Waals surface area contributed by atoms with Gasteiger partial charge in [0.15, 0.2) is 5.13 Å². The smallest absolute Gasteiger partial charge is 0.326 e. The number of anilines is 1. The van der Waals surface area contributed by atoms with Crippen molar-refractivity contribution in [3.05, 3.63) is 11.1 Å². The zero-order valence-corrected chi connectivity index (χ0v) is 11.1. The Morgan fingerprint density at radius 3 is 2.94 bits per heavy atom. The lowest BCUT2D eigenvalue weighted by Gasteiger charge is -2.21. The SMILES string of the molecule is NC(C(=O)O)c1csc(NCC2CCCCC2)n1. The van der Waals surface area contributed by atoms with Gasteiger partial charge in [0.2, 0.25) is 0 Å². The average Bonchev–Trinajstić information content (AvgIpc) is 2.85. The molecule has 1 heterocycles. The van der Waals surface area contributed by atoms with Crippen LogP contribution in [-0.2, 0) is 4.79 Å². The number of nitrogens with two attached hydrogens (primary N) is 1. The summed E-state index contributed by atoms with van der Waals surface area (Å²) in [7, 11) is 0. The summed E-state index contributed by atoms with van der Waals surface area (Å²) in [4.78, 5) is 15.0. The van der Waals surface area contributed by atoms with E-state index in [-0.39, 0.29) is 0 Å². The van der Waals surface area contributed by atoms with Gasteiger partial charge in [-0.2, -0.15) is 0 Å². The van der Waals surface area contributed by atoms with Gasteiger partial charge in [-0.05, 0) is 18.8 Å². The number of aromatic nitrogens is 1. The van der Waals surface area contributed by atoms with E-state index in [0.717, 1.165) is 17.6 Å². The fourth-order valence-corrected chi connectivity index (χ4v) is 3.02. The van der Waals surface area contributed by atoms with Gasteiger partial charge in [-0.1, -0.05) is 19.3 Å². The molecule has 1 aliphatic carbocycles. The molecular formula is C12H19N3O2S. The Balaban J connectivity index is 1.84. The molecule has 0 aliphatic heterocycles. The molecule has 1 aromatic heterocycles. The van der Waals surface area contributed by atoms with Gasteiger partial charge in [-0.3, -0.25) is 4.79 Å². The van der Waals surface area contributed by atoms with Crippen LogP contribution in [0.1, 0.15) is 43.8 Å². The molecule has 0 spiro atoms. The number of carbonyl (C=O) groups is 1. The van der Waals surface area contributed by atoms with E-state index in [1.165, 1.54) is 43.4 Å². The molecule has 0 saturated heterocycles. The summed E-state index contributed by atoms with van der Waals surface area (Å²) in [5.74, 6) is -0.321. The molecule has 0 amide bonds. The predicted octanol–water partition coefficient (Wildman–Crippen LogP) is 2.22. The maximum Gasteiger partial charge on any atom is 0.326 e. The van der Waals surface area contributed by atoms with E-state index in [0.29, 0.717) is 5.69 Å². The number of thiazole rings is 1. The number of hydrogen-bond donors (Lipinski definition) is 3. The maximum absolute atomic E-state index is 10.7. The van der Waals surface area contributed by atoms with Gasteiger partial charge >= 0.3 is 5.97 Å². The van der Waals surface area contributed by atoms with Crippen molar-refractivity contribution in [2.75, 3.05) is 11.9 Å². The molecule has 0 bridgehead atoms. The Morgan fingerprint density at radius 1 is 1.56 bits per heavy atom. The third-order valence-electron chi connectivity index (χ3n) is 3.37. The van der Waals surface area contributed by atoms with Gasteiger partial charge in [0.05, 0.1) is 5.69 Å².